The monoisotopic (exact) mass is 970 g/mol. The van der Waals surface area contributed by atoms with Gasteiger partial charge in [0, 0.05) is 33.4 Å². The molecule has 4 atom stereocenters. The molecule has 1 aliphatic heterocycles. The topological polar surface area (TPSA) is 222 Å². The zero-order valence-electron chi connectivity index (χ0n) is 38.0. The van der Waals surface area contributed by atoms with Gasteiger partial charge in [0.1, 0.15) is 34.6 Å². The van der Waals surface area contributed by atoms with Gasteiger partial charge in [0.15, 0.2) is 22.6 Å². The average Bonchev–Trinajstić information content (AvgIpc) is 3.54. The number of phosphoric acid groups is 1. The van der Waals surface area contributed by atoms with Gasteiger partial charge in [-0.1, -0.05) is 125 Å². The van der Waals surface area contributed by atoms with Gasteiger partial charge in [-0.15, -0.1) is 0 Å². The fraction of sp³-hybridized carbons (Fsp3) is 0.467. The summed E-state index contributed by atoms with van der Waals surface area (Å²) in [6, 6.07) is 25.7. The lowest BCUT2D eigenvalue weighted by Crippen LogP contribution is -2.48. The third kappa shape index (κ3) is 12.6. The van der Waals surface area contributed by atoms with Gasteiger partial charge in [-0.2, -0.15) is 4.98 Å². The average molecular weight is 971 g/mol. The fourth-order valence-electron chi connectivity index (χ4n) is 6.73. The van der Waals surface area contributed by atoms with Crippen LogP contribution in [-0.2, 0) is 38.0 Å². The van der Waals surface area contributed by atoms with Crippen LogP contribution in [0.15, 0.2) is 101 Å². The lowest BCUT2D eigenvalue weighted by atomic mass is 9.77. The highest BCUT2D eigenvalue weighted by Gasteiger charge is 2.57. The van der Waals surface area contributed by atoms with Crippen molar-refractivity contribution in [3.63, 3.8) is 0 Å². The number of methoxy groups -OCH3 is 2. The number of nitrogens with zero attached hydrogens (tertiary/aromatic N) is 5. The summed E-state index contributed by atoms with van der Waals surface area (Å²) < 4.78 is 65.1. The first-order valence-electron chi connectivity index (χ1n) is 20.8. The Morgan fingerprint density at radius 2 is 1.36 bits per heavy atom. The SMILES string of the molecule is COc1ccc(C(Nc2ccn([C@@H]3O[C@](CN=[N+]=[N-])(COP(=O)(OCCSC(=O)C(C)(C)C)OCCSC(=O)C(C)(C)C)[C@@H](O)[C@H]3F)c(=O)n2)(c2ccccc2)c2ccc(OC)cc2)cc1. The Bertz CT molecular complexity index is 2350. The lowest BCUT2D eigenvalue weighted by Gasteiger charge is -2.37. The molecular weight excluding hydrogens is 915 g/mol. The maximum absolute atomic E-state index is 16.4. The first-order valence-corrected chi connectivity index (χ1v) is 24.3. The number of benzene rings is 3. The van der Waals surface area contributed by atoms with Crippen LogP contribution in [0.25, 0.3) is 10.4 Å². The number of azide groups is 1. The maximum atomic E-state index is 16.4. The Balaban J connectivity index is 1.45. The molecule has 1 fully saturated rings. The Morgan fingerprint density at radius 3 is 1.82 bits per heavy atom. The molecule has 3 aromatic carbocycles. The Kier molecular flexibility index (Phi) is 17.7. The number of halogens is 1. The third-order valence-electron chi connectivity index (χ3n) is 10.4. The van der Waals surface area contributed by atoms with Crippen molar-refractivity contribution in [2.75, 3.05) is 57.4 Å². The molecule has 1 aromatic heterocycles. The van der Waals surface area contributed by atoms with E-state index in [1.54, 1.807) is 55.8 Å². The molecule has 21 heteroatoms. The summed E-state index contributed by atoms with van der Waals surface area (Å²) >= 11 is 1.90. The molecule has 356 valence electrons. The predicted molar refractivity (Wildman–Crippen MR) is 252 cm³/mol. The van der Waals surface area contributed by atoms with E-state index in [-0.39, 0.29) is 40.8 Å². The van der Waals surface area contributed by atoms with E-state index in [4.69, 9.17) is 27.8 Å². The van der Waals surface area contributed by atoms with Gasteiger partial charge < -0.3 is 24.6 Å². The molecule has 66 heavy (non-hydrogen) atoms. The van der Waals surface area contributed by atoms with Crippen LogP contribution in [0.4, 0.5) is 10.2 Å². The minimum atomic E-state index is -4.61. The normalized spacial score (nSPS) is 18.9. The molecule has 4 aromatic rings. The summed E-state index contributed by atoms with van der Waals surface area (Å²) in [6.45, 7) is 8.27. The molecule has 17 nitrogen and oxygen atoms in total. The molecule has 0 unspecified atom stereocenters. The van der Waals surface area contributed by atoms with E-state index in [1.165, 1.54) is 12.3 Å². The number of rotatable bonds is 21. The molecule has 0 radical (unpaired) electrons. The predicted octanol–water partition coefficient (Wildman–Crippen LogP) is 8.71. The van der Waals surface area contributed by atoms with Crippen LogP contribution >= 0.6 is 31.3 Å². The van der Waals surface area contributed by atoms with E-state index in [9.17, 15) is 29.6 Å². The quantitative estimate of drug-likeness (QED) is 0.0199. The highest BCUT2D eigenvalue weighted by molar-refractivity contribution is 8.14. The molecule has 1 saturated heterocycles. The Labute approximate surface area is 391 Å². The summed E-state index contributed by atoms with van der Waals surface area (Å²) in [4.78, 5) is 46.1. The van der Waals surface area contributed by atoms with Crippen LogP contribution in [0.5, 0.6) is 11.5 Å². The number of phosphoric ester groups is 1. The first-order chi connectivity index (χ1) is 31.2. The number of ether oxygens (including phenoxy) is 3. The number of nitrogens with one attached hydrogen (secondary N) is 1. The molecule has 0 aliphatic carbocycles. The van der Waals surface area contributed by atoms with Crippen LogP contribution < -0.4 is 20.5 Å². The third-order valence-corrected chi connectivity index (χ3v) is 14.3. The minimum Gasteiger partial charge on any atom is -0.497 e. The number of hydrogen-bond donors (Lipinski definition) is 2. The van der Waals surface area contributed by atoms with Gasteiger partial charge in [-0.3, -0.25) is 27.7 Å². The smallest absolute Gasteiger partial charge is 0.474 e. The van der Waals surface area contributed by atoms with E-state index in [2.05, 4.69) is 20.3 Å². The lowest BCUT2D eigenvalue weighted by molar-refractivity contribution is -0.122. The van der Waals surface area contributed by atoms with Crippen LogP contribution in [0.1, 0.15) is 64.5 Å². The van der Waals surface area contributed by atoms with E-state index in [1.807, 2.05) is 78.9 Å². The number of aliphatic hydroxyl groups is 1. The van der Waals surface area contributed by atoms with E-state index < -0.39 is 67.1 Å². The number of aromatic nitrogens is 2. The van der Waals surface area contributed by atoms with E-state index in [0.717, 1.165) is 44.8 Å². The Hall–Kier alpha value is -4.75. The van der Waals surface area contributed by atoms with Gasteiger partial charge in [0.05, 0.1) is 40.6 Å². The molecular formula is C45H56FN6O11PS2. The van der Waals surface area contributed by atoms with Crippen LogP contribution in [-0.4, -0.2) is 94.9 Å². The van der Waals surface area contributed by atoms with Crippen molar-refractivity contribution < 1.29 is 51.4 Å². The molecule has 2 N–H and O–H groups in total. The number of thioether (sulfide) groups is 2. The summed E-state index contributed by atoms with van der Waals surface area (Å²) in [5, 5.41) is 18.2. The van der Waals surface area contributed by atoms with Crippen molar-refractivity contribution >= 4 is 47.4 Å². The summed E-state index contributed by atoms with van der Waals surface area (Å²) in [5.41, 5.74) is 5.89. The van der Waals surface area contributed by atoms with Crippen molar-refractivity contribution in [3.05, 3.63) is 129 Å². The van der Waals surface area contributed by atoms with Crippen molar-refractivity contribution in [1.82, 2.24) is 9.55 Å². The number of hydrogen-bond acceptors (Lipinski definition) is 16. The van der Waals surface area contributed by atoms with Gasteiger partial charge in [0.25, 0.3) is 0 Å². The van der Waals surface area contributed by atoms with Crippen LogP contribution in [0.3, 0.4) is 0 Å². The number of carbonyl (C=O) groups excluding carboxylic acids is 2. The molecule has 0 saturated carbocycles. The maximum Gasteiger partial charge on any atom is 0.474 e. The van der Waals surface area contributed by atoms with Gasteiger partial charge >= 0.3 is 13.5 Å². The minimum absolute atomic E-state index is 0.0646. The van der Waals surface area contributed by atoms with E-state index in [0.29, 0.717) is 11.5 Å². The van der Waals surface area contributed by atoms with E-state index >= 15 is 4.39 Å². The molecule has 2 heterocycles. The largest absolute Gasteiger partial charge is 0.497 e. The molecule has 5 rings (SSSR count). The highest BCUT2D eigenvalue weighted by Crippen LogP contribution is 2.52. The fourth-order valence-corrected chi connectivity index (χ4v) is 9.78. The molecule has 0 bridgehead atoms. The zero-order chi connectivity index (χ0) is 48.3. The zero-order valence-corrected chi connectivity index (χ0v) is 40.6. The molecule has 0 spiro atoms. The summed E-state index contributed by atoms with van der Waals surface area (Å²) in [6.07, 6.45) is -5.03. The van der Waals surface area contributed by atoms with Crippen molar-refractivity contribution in [2.45, 2.75) is 71.2 Å². The molecule has 1 aliphatic rings. The van der Waals surface area contributed by atoms with Gasteiger partial charge in [-0.25, -0.2) is 13.8 Å². The first kappa shape index (κ1) is 52.2. The van der Waals surface area contributed by atoms with Crippen molar-refractivity contribution in [2.24, 2.45) is 15.9 Å². The summed E-state index contributed by atoms with van der Waals surface area (Å²) in [7, 11) is -1.48. The standard InChI is InChI=1S/C45H56FN6O11PS2/c1-42(2,3)39(54)65-26-24-60-64(57,61-25-27-66-40(55)43(4,5)6)62-29-44(28-48-51-47)37(53)36(46)38(63-44)52-23-22-35(49-41(52)56)50-45(30-12-10-9-11-13-30,31-14-18-33(58-7)19-15-31)32-16-20-34(59-8)21-17-32/h9-23,36-38,53H,24-29H2,1-8H3,(H,49,50,56)/t36-,37+,38-,44-/m1/s1. The molecule has 0 amide bonds. The number of carbonyl (C=O) groups is 2. The van der Waals surface area contributed by atoms with Crippen molar-refractivity contribution in [3.8, 4) is 11.5 Å². The van der Waals surface area contributed by atoms with Gasteiger partial charge in [0.2, 0.25) is 0 Å². The number of aliphatic hydroxyl groups excluding tert-OH is 1. The van der Waals surface area contributed by atoms with Gasteiger partial charge in [-0.05, 0) is 52.6 Å². The Morgan fingerprint density at radius 1 is 0.864 bits per heavy atom. The summed E-state index contributed by atoms with van der Waals surface area (Å²) in [5.74, 6) is 1.45. The second-order valence-corrected chi connectivity index (χ2v) is 21.0. The second-order valence-electron chi connectivity index (χ2n) is 17.2. The second kappa shape index (κ2) is 22.4. The number of anilines is 1. The van der Waals surface area contributed by atoms with Crippen LogP contribution in [0, 0.1) is 10.8 Å². The van der Waals surface area contributed by atoms with Crippen LogP contribution in [0.2, 0.25) is 0 Å². The highest BCUT2D eigenvalue weighted by atomic mass is 32.2. The van der Waals surface area contributed by atoms with Crippen molar-refractivity contribution in [1.29, 1.82) is 0 Å². The number of alkyl halides is 1.